The fourth-order valence-corrected chi connectivity index (χ4v) is 0.925. The highest BCUT2D eigenvalue weighted by molar-refractivity contribution is 5.86. The lowest BCUT2D eigenvalue weighted by molar-refractivity contribution is -0.325. The van der Waals surface area contributed by atoms with E-state index in [9.17, 15) is 31.1 Å². The third-order valence-corrected chi connectivity index (χ3v) is 1.81. The number of ether oxygens (including phenoxy) is 2. The summed E-state index contributed by atoms with van der Waals surface area (Å²) < 4.78 is 80.3. The van der Waals surface area contributed by atoms with Gasteiger partial charge >= 0.3 is 18.3 Å². The Hall–Kier alpha value is -1.29. The monoisotopic (exact) mass is 310 g/mol. The molecular formula is C10H12F6O4. The molecule has 0 fully saturated rings. The van der Waals surface area contributed by atoms with Crippen molar-refractivity contribution in [2.45, 2.75) is 31.5 Å². The number of hydrogen-bond acceptors (Lipinski definition) is 4. The molecule has 0 aromatic rings. The number of carbonyl (C=O) groups is 1. The van der Waals surface area contributed by atoms with E-state index >= 15 is 0 Å². The fraction of sp³-hybridized carbons (Fsp3) is 0.700. The molecule has 0 aliphatic heterocycles. The SMILES string of the molecule is C=C(C)C(=O)OCC(O)COC(C(F)(F)F)C(F)(F)F. The Kier molecular flexibility index (Phi) is 6.48. The van der Waals surface area contributed by atoms with E-state index in [1.807, 2.05) is 0 Å². The minimum Gasteiger partial charge on any atom is -0.460 e. The van der Waals surface area contributed by atoms with Crippen molar-refractivity contribution in [3.63, 3.8) is 0 Å². The second-order valence-corrected chi connectivity index (χ2v) is 3.83. The van der Waals surface area contributed by atoms with Crippen LogP contribution in [0.5, 0.6) is 0 Å². The van der Waals surface area contributed by atoms with Gasteiger partial charge in [-0.3, -0.25) is 0 Å². The molecule has 118 valence electrons. The first kappa shape index (κ1) is 18.7. The lowest BCUT2D eigenvalue weighted by Crippen LogP contribution is -2.45. The maximum Gasteiger partial charge on any atom is 0.423 e. The van der Waals surface area contributed by atoms with Crippen LogP contribution in [0.1, 0.15) is 6.92 Å². The minimum absolute atomic E-state index is 0.0402. The summed E-state index contributed by atoms with van der Waals surface area (Å²) in [5.41, 5.74) is -0.0402. The van der Waals surface area contributed by atoms with Crippen molar-refractivity contribution in [1.29, 1.82) is 0 Å². The quantitative estimate of drug-likeness (QED) is 0.463. The van der Waals surface area contributed by atoms with E-state index in [0.29, 0.717) is 0 Å². The lowest BCUT2D eigenvalue weighted by atomic mass is 10.3. The molecule has 10 heteroatoms. The van der Waals surface area contributed by atoms with Crippen LogP contribution >= 0.6 is 0 Å². The smallest absolute Gasteiger partial charge is 0.423 e. The minimum atomic E-state index is -5.66. The number of aliphatic hydroxyl groups excluding tert-OH is 1. The summed E-state index contributed by atoms with van der Waals surface area (Å²) in [6.45, 7) is 2.35. The molecule has 0 heterocycles. The summed E-state index contributed by atoms with van der Waals surface area (Å²) in [5, 5.41) is 9.09. The van der Waals surface area contributed by atoms with E-state index in [4.69, 9.17) is 5.11 Å². The second kappa shape index (κ2) is 6.93. The Balaban J connectivity index is 4.36. The molecule has 0 aromatic carbocycles. The molecule has 0 aromatic heterocycles. The molecular weight excluding hydrogens is 298 g/mol. The molecule has 0 aliphatic carbocycles. The van der Waals surface area contributed by atoms with Crippen LogP contribution in [0.2, 0.25) is 0 Å². The third kappa shape index (κ3) is 6.75. The Morgan fingerprint density at radius 2 is 1.60 bits per heavy atom. The van der Waals surface area contributed by atoms with Crippen molar-refractivity contribution >= 4 is 5.97 Å². The van der Waals surface area contributed by atoms with E-state index in [1.165, 1.54) is 6.92 Å². The van der Waals surface area contributed by atoms with Crippen molar-refractivity contribution in [3.8, 4) is 0 Å². The van der Waals surface area contributed by atoms with E-state index in [0.717, 1.165) is 0 Å². The highest BCUT2D eigenvalue weighted by atomic mass is 19.4. The number of carbonyl (C=O) groups excluding carboxylic acids is 1. The summed E-state index contributed by atoms with van der Waals surface area (Å²) in [4.78, 5) is 10.9. The van der Waals surface area contributed by atoms with Gasteiger partial charge in [-0.2, -0.15) is 26.3 Å². The van der Waals surface area contributed by atoms with Crippen molar-refractivity contribution in [2.24, 2.45) is 0 Å². The largest absolute Gasteiger partial charge is 0.460 e. The predicted molar refractivity (Wildman–Crippen MR) is 53.6 cm³/mol. The Labute approximate surface area is 110 Å². The molecule has 0 bridgehead atoms. The Morgan fingerprint density at radius 3 is 1.95 bits per heavy atom. The molecule has 0 saturated heterocycles. The first-order valence-corrected chi connectivity index (χ1v) is 5.11. The number of halogens is 6. The molecule has 1 N–H and O–H groups in total. The summed E-state index contributed by atoms with van der Waals surface area (Å²) in [5.74, 6) is -0.938. The lowest BCUT2D eigenvalue weighted by Gasteiger charge is -2.24. The molecule has 1 atom stereocenters. The van der Waals surface area contributed by atoms with Gasteiger partial charge in [-0.05, 0) is 6.92 Å². The van der Waals surface area contributed by atoms with Gasteiger partial charge in [0.05, 0.1) is 6.61 Å². The van der Waals surface area contributed by atoms with Gasteiger partial charge in [0.15, 0.2) is 0 Å². The molecule has 0 amide bonds. The standard InChI is InChI=1S/C10H12F6O4/c1-5(2)7(18)19-3-6(17)4-20-8(9(11,12)13)10(14,15)16/h6,8,17H,1,3-4H2,2H3. The fourth-order valence-electron chi connectivity index (χ4n) is 0.925. The van der Waals surface area contributed by atoms with E-state index in [2.05, 4.69) is 16.1 Å². The zero-order valence-electron chi connectivity index (χ0n) is 10.2. The Morgan fingerprint density at radius 1 is 1.15 bits per heavy atom. The number of esters is 1. The third-order valence-electron chi connectivity index (χ3n) is 1.81. The number of rotatable bonds is 6. The van der Waals surface area contributed by atoms with Gasteiger partial charge in [0.1, 0.15) is 12.7 Å². The van der Waals surface area contributed by atoms with Gasteiger partial charge in [0.2, 0.25) is 6.10 Å². The molecule has 0 aliphatic rings. The second-order valence-electron chi connectivity index (χ2n) is 3.83. The van der Waals surface area contributed by atoms with E-state index < -0.39 is 43.7 Å². The number of alkyl halides is 6. The first-order chi connectivity index (χ1) is 8.85. The van der Waals surface area contributed by atoms with Crippen LogP contribution in [0, 0.1) is 0 Å². The van der Waals surface area contributed by atoms with Crippen LogP contribution in [0.15, 0.2) is 12.2 Å². The van der Waals surface area contributed by atoms with Crippen LogP contribution in [-0.4, -0.2) is 48.9 Å². The summed E-state index contributed by atoms with van der Waals surface area (Å²) in [6.07, 6.45) is -17.2. The maximum atomic E-state index is 12.1. The molecule has 1 unspecified atom stereocenters. The molecule has 4 nitrogen and oxygen atoms in total. The zero-order valence-corrected chi connectivity index (χ0v) is 10.2. The van der Waals surface area contributed by atoms with Crippen molar-refractivity contribution in [3.05, 3.63) is 12.2 Å². The van der Waals surface area contributed by atoms with Gasteiger partial charge in [-0.1, -0.05) is 6.58 Å². The van der Waals surface area contributed by atoms with Crippen LogP contribution < -0.4 is 0 Å². The predicted octanol–water partition coefficient (Wildman–Crippen LogP) is 1.98. The van der Waals surface area contributed by atoms with E-state index in [-0.39, 0.29) is 5.57 Å². The maximum absolute atomic E-state index is 12.1. The van der Waals surface area contributed by atoms with Gasteiger partial charge < -0.3 is 14.6 Å². The van der Waals surface area contributed by atoms with Gasteiger partial charge in [-0.15, -0.1) is 0 Å². The average molecular weight is 310 g/mol. The molecule has 0 radical (unpaired) electrons. The van der Waals surface area contributed by atoms with Gasteiger partial charge in [0.25, 0.3) is 0 Å². The molecule has 20 heavy (non-hydrogen) atoms. The van der Waals surface area contributed by atoms with Crippen molar-refractivity contribution < 1.29 is 45.7 Å². The van der Waals surface area contributed by atoms with Crippen LogP contribution in [-0.2, 0) is 14.3 Å². The highest BCUT2D eigenvalue weighted by Crippen LogP contribution is 2.35. The average Bonchev–Trinajstić information content (AvgIpc) is 2.21. The van der Waals surface area contributed by atoms with E-state index in [1.54, 1.807) is 0 Å². The van der Waals surface area contributed by atoms with Gasteiger partial charge in [0, 0.05) is 5.57 Å². The molecule has 0 spiro atoms. The Bertz CT molecular complexity index is 335. The first-order valence-electron chi connectivity index (χ1n) is 5.11. The molecule has 0 rings (SSSR count). The summed E-state index contributed by atoms with van der Waals surface area (Å²) >= 11 is 0. The summed E-state index contributed by atoms with van der Waals surface area (Å²) in [6, 6.07) is 0. The van der Waals surface area contributed by atoms with Crippen LogP contribution in [0.3, 0.4) is 0 Å². The van der Waals surface area contributed by atoms with Crippen molar-refractivity contribution in [1.82, 2.24) is 0 Å². The topological polar surface area (TPSA) is 55.8 Å². The number of hydrogen-bond donors (Lipinski definition) is 1. The molecule has 0 saturated carbocycles. The van der Waals surface area contributed by atoms with Crippen molar-refractivity contribution in [2.75, 3.05) is 13.2 Å². The van der Waals surface area contributed by atoms with Crippen LogP contribution in [0.25, 0.3) is 0 Å². The normalized spacial score (nSPS) is 14.2. The number of aliphatic hydroxyl groups is 1. The highest BCUT2D eigenvalue weighted by Gasteiger charge is 2.58. The van der Waals surface area contributed by atoms with Gasteiger partial charge in [-0.25, -0.2) is 4.79 Å². The zero-order chi connectivity index (χ0) is 16.1. The summed E-state index contributed by atoms with van der Waals surface area (Å²) in [7, 11) is 0. The van der Waals surface area contributed by atoms with Crippen LogP contribution in [0.4, 0.5) is 26.3 Å².